The number of benzene rings is 2. The summed E-state index contributed by atoms with van der Waals surface area (Å²) in [6.45, 7) is 1.81. The van der Waals surface area contributed by atoms with E-state index in [4.69, 9.17) is 28.4 Å². The van der Waals surface area contributed by atoms with Crippen molar-refractivity contribution in [2.75, 3.05) is 13.2 Å². The Bertz CT molecular complexity index is 1350. The molecule has 7 N–H and O–H groups in total. The fraction of sp³-hybridized carbons (Fsp3) is 0.484. The van der Waals surface area contributed by atoms with Crippen LogP contribution >= 0.6 is 0 Å². The zero-order valence-corrected chi connectivity index (χ0v) is 25.0. The topological polar surface area (TPSA) is 231 Å². The average Bonchev–Trinajstić information content (AvgIpc) is 3.02. The number of hydrogen-bond acceptors (Lipinski definition) is 15. The van der Waals surface area contributed by atoms with E-state index in [1.165, 1.54) is 43.3 Å². The van der Waals surface area contributed by atoms with Gasteiger partial charge >= 0.3 is 11.9 Å². The van der Waals surface area contributed by atoms with Gasteiger partial charge in [-0.3, -0.25) is 4.79 Å². The van der Waals surface area contributed by atoms with Crippen molar-refractivity contribution in [2.24, 2.45) is 0 Å². The average molecular weight is 651 g/mol. The third-order valence-electron chi connectivity index (χ3n) is 7.45. The zero-order chi connectivity index (χ0) is 33.5. The van der Waals surface area contributed by atoms with Crippen molar-refractivity contribution in [2.45, 2.75) is 81.7 Å². The van der Waals surface area contributed by atoms with Gasteiger partial charge in [-0.15, -0.1) is 0 Å². The van der Waals surface area contributed by atoms with Crippen LogP contribution in [-0.2, 0) is 44.4 Å². The summed E-state index contributed by atoms with van der Waals surface area (Å²) in [6, 6.07) is 10.2. The second kappa shape index (κ2) is 15.7. The van der Waals surface area contributed by atoms with E-state index in [0.29, 0.717) is 12.0 Å². The van der Waals surface area contributed by atoms with Crippen molar-refractivity contribution in [3.63, 3.8) is 0 Å². The number of aliphatic hydroxyl groups is 4. The first-order valence-corrected chi connectivity index (χ1v) is 14.5. The van der Waals surface area contributed by atoms with E-state index in [-0.39, 0.29) is 18.1 Å². The third kappa shape index (κ3) is 8.71. The van der Waals surface area contributed by atoms with Crippen LogP contribution < -0.4 is 0 Å². The van der Waals surface area contributed by atoms with Gasteiger partial charge in [0, 0.05) is 13.0 Å². The number of rotatable bonds is 11. The zero-order valence-electron chi connectivity index (χ0n) is 25.0. The largest absolute Gasteiger partial charge is 0.508 e. The minimum atomic E-state index is -1.79. The molecule has 46 heavy (non-hydrogen) atoms. The molecular weight excluding hydrogens is 612 g/mol. The van der Waals surface area contributed by atoms with E-state index >= 15 is 0 Å². The molecule has 0 spiro atoms. The molecule has 2 heterocycles. The summed E-state index contributed by atoms with van der Waals surface area (Å²) in [6.07, 6.45) is -12.1. The van der Waals surface area contributed by atoms with Crippen LogP contribution in [0.4, 0.5) is 0 Å². The lowest BCUT2D eigenvalue weighted by Gasteiger charge is -2.47. The summed E-state index contributed by atoms with van der Waals surface area (Å²) in [7, 11) is 0. The molecule has 2 saturated heterocycles. The second-order valence-corrected chi connectivity index (χ2v) is 10.9. The van der Waals surface area contributed by atoms with E-state index < -0.39 is 85.7 Å². The molecule has 0 amide bonds. The highest BCUT2D eigenvalue weighted by Crippen LogP contribution is 2.33. The van der Waals surface area contributed by atoms with Crippen LogP contribution in [0.2, 0.25) is 0 Å². The number of carbonyl (C=O) groups excluding carboxylic acids is 2. The van der Waals surface area contributed by atoms with Gasteiger partial charge in [0.15, 0.2) is 36.3 Å². The van der Waals surface area contributed by atoms with Crippen LogP contribution in [0, 0.1) is 0 Å². The predicted molar refractivity (Wildman–Crippen MR) is 155 cm³/mol. The molecule has 4 rings (SSSR count). The monoisotopic (exact) mass is 650 g/mol. The summed E-state index contributed by atoms with van der Waals surface area (Å²) in [5, 5.41) is 70.2. The Morgan fingerprint density at radius 1 is 0.848 bits per heavy atom. The van der Waals surface area contributed by atoms with Crippen LogP contribution in [0.5, 0.6) is 17.2 Å². The second-order valence-electron chi connectivity index (χ2n) is 10.9. The van der Waals surface area contributed by atoms with Gasteiger partial charge in [-0.25, -0.2) is 4.79 Å². The van der Waals surface area contributed by atoms with Crippen molar-refractivity contribution in [1.29, 1.82) is 0 Å². The van der Waals surface area contributed by atoms with Gasteiger partial charge in [-0.1, -0.05) is 18.2 Å². The summed E-state index contributed by atoms with van der Waals surface area (Å²) in [5.74, 6) is -2.48. The number of hydrogen-bond donors (Lipinski definition) is 7. The molecule has 0 saturated carbocycles. The molecule has 0 radical (unpaired) electrons. The normalized spacial score (nSPS) is 31.4. The Morgan fingerprint density at radius 3 is 2.22 bits per heavy atom. The molecule has 10 unspecified atom stereocenters. The fourth-order valence-corrected chi connectivity index (χ4v) is 4.99. The predicted octanol–water partition coefficient (Wildman–Crippen LogP) is -0.151. The molecule has 0 bridgehead atoms. The number of phenols is 3. The maximum Gasteiger partial charge on any atom is 0.331 e. The van der Waals surface area contributed by atoms with Gasteiger partial charge in [0.05, 0.1) is 19.3 Å². The first-order chi connectivity index (χ1) is 21.9. The van der Waals surface area contributed by atoms with Crippen molar-refractivity contribution < 1.29 is 73.8 Å². The number of ether oxygens (including phenoxy) is 6. The lowest BCUT2D eigenvalue weighted by molar-refractivity contribution is -0.358. The molecule has 10 atom stereocenters. The molecule has 15 heteroatoms. The summed E-state index contributed by atoms with van der Waals surface area (Å²) < 4.78 is 34.5. The van der Waals surface area contributed by atoms with Gasteiger partial charge < -0.3 is 64.2 Å². The number of phenolic OH excluding ortho intramolecular Hbond substituents is 3. The smallest absolute Gasteiger partial charge is 0.331 e. The van der Waals surface area contributed by atoms with Crippen molar-refractivity contribution in [3.8, 4) is 17.2 Å². The molecule has 2 aromatic rings. The van der Waals surface area contributed by atoms with Gasteiger partial charge in [-0.05, 0) is 54.8 Å². The van der Waals surface area contributed by atoms with Crippen LogP contribution in [0.15, 0.2) is 48.5 Å². The molecule has 2 aromatic carbocycles. The molecule has 252 valence electrons. The Morgan fingerprint density at radius 2 is 1.57 bits per heavy atom. The van der Waals surface area contributed by atoms with Gasteiger partial charge in [0.1, 0.15) is 36.3 Å². The fourth-order valence-electron chi connectivity index (χ4n) is 4.99. The van der Waals surface area contributed by atoms with Crippen LogP contribution in [0.25, 0.3) is 6.08 Å². The van der Waals surface area contributed by atoms with Gasteiger partial charge in [0.25, 0.3) is 0 Å². The molecule has 15 nitrogen and oxygen atoms in total. The van der Waals surface area contributed by atoms with Crippen LogP contribution in [-0.4, -0.2) is 122 Å². The lowest BCUT2D eigenvalue weighted by atomic mass is 9.96. The summed E-state index contributed by atoms with van der Waals surface area (Å²) >= 11 is 0. The minimum Gasteiger partial charge on any atom is -0.508 e. The van der Waals surface area contributed by atoms with E-state index in [1.54, 1.807) is 12.1 Å². The molecule has 2 aliphatic heterocycles. The highest BCUT2D eigenvalue weighted by molar-refractivity contribution is 5.87. The Balaban J connectivity index is 1.61. The van der Waals surface area contributed by atoms with E-state index in [9.17, 15) is 45.3 Å². The maximum absolute atomic E-state index is 13.0. The van der Waals surface area contributed by atoms with Gasteiger partial charge in [-0.2, -0.15) is 0 Å². The third-order valence-corrected chi connectivity index (χ3v) is 7.45. The standard InChI is InChI=1S/C31H38O15/c1-15-24(38)25(39)26(40)30(42-15)46-28-27(45-23(37)10-6-18-5-9-20(35)21(36)13-18)22(14-32)44-31(29(28)43-16(2)33)41-12-11-17-3-7-19(34)8-4-17/h3-10,13,15,22,24-32,34-36,38-40H,11-12,14H2,1-2H3. The summed E-state index contributed by atoms with van der Waals surface area (Å²) in [4.78, 5) is 25.2. The number of esters is 2. The van der Waals surface area contributed by atoms with Crippen molar-refractivity contribution in [1.82, 2.24) is 0 Å². The highest BCUT2D eigenvalue weighted by atomic mass is 16.8. The first kappa shape index (κ1) is 35.1. The molecule has 0 aromatic heterocycles. The van der Waals surface area contributed by atoms with E-state index in [2.05, 4.69) is 0 Å². The lowest BCUT2D eigenvalue weighted by Crippen LogP contribution is -2.65. The Labute approximate surface area is 263 Å². The quantitative estimate of drug-likeness (QED) is 0.0952. The Kier molecular flexibility index (Phi) is 11.9. The molecule has 2 aliphatic rings. The van der Waals surface area contributed by atoms with Crippen molar-refractivity contribution >= 4 is 18.0 Å². The summed E-state index contributed by atoms with van der Waals surface area (Å²) in [5.41, 5.74) is 1.13. The van der Waals surface area contributed by atoms with E-state index in [1.807, 2.05) is 0 Å². The minimum absolute atomic E-state index is 0.00916. The Hall–Kier alpha value is -3.80. The van der Waals surface area contributed by atoms with Crippen LogP contribution in [0.3, 0.4) is 0 Å². The SMILES string of the molecule is CC(=O)OC1C(OCCc2ccc(O)cc2)OC(CO)C(OC(=O)C=Cc2ccc(O)c(O)c2)C1OC1OC(C)C(O)C(O)C1O. The van der Waals surface area contributed by atoms with Gasteiger partial charge in [0.2, 0.25) is 0 Å². The molecule has 0 aliphatic carbocycles. The highest BCUT2D eigenvalue weighted by Gasteiger charge is 2.54. The number of aromatic hydroxyl groups is 3. The van der Waals surface area contributed by atoms with E-state index in [0.717, 1.165) is 18.6 Å². The first-order valence-electron chi connectivity index (χ1n) is 14.5. The maximum atomic E-state index is 13.0. The van der Waals surface area contributed by atoms with Crippen molar-refractivity contribution in [3.05, 3.63) is 59.7 Å². The number of aliphatic hydroxyl groups excluding tert-OH is 4. The van der Waals surface area contributed by atoms with Crippen LogP contribution in [0.1, 0.15) is 25.0 Å². The number of carbonyl (C=O) groups is 2. The molecule has 2 fully saturated rings. The molecular formula is C31H38O15.